The van der Waals surface area contributed by atoms with Gasteiger partial charge < -0.3 is 5.32 Å². The predicted molar refractivity (Wildman–Crippen MR) is 107 cm³/mol. The molecular formula is C21H15F3N6O. The third-order valence-corrected chi connectivity index (χ3v) is 4.50. The fourth-order valence-electron chi connectivity index (χ4n) is 2.97. The molecule has 4 aromatic rings. The molecule has 10 heteroatoms. The number of aryl methyl sites for hydroxylation is 1. The molecule has 0 spiro atoms. The lowest BCUT2D eigenvalue weighted by Gasteiger charge is -2.10. The zero-order valence-electron chi connectivity index (χ0n) is 16.1. The topological polar surface area (TPSA) is 85.6 Å². The zero-order valence-corrected chi connectivity index (χ0v) is 16.1. The lowest BCUT2D eigenvalue weighted by molar-refractivity contribution is -0.137. The Bertz CT molecular complexity index is 1220. The van der Waals surface area contributed by atoms with Crippen LogP contribution in [-0.4, -0.2) is 30.6 Å². The molecule has 0 bridgehead atoms. The Labute approximate surface area is 174 Å². The number of alkyl halides is 3. The molecule has 0 aliphatic heterocycles. The fraction of sp³-hybridized carbons (Fsp3) is 0.0952. The van der Waals surface area contributed by atoms with Gasteiger partial charge in [-0.3, -0.25) is 9.78 Å². The molecule has 0 atom stereocenters. The molecule has 1 amide bonds. The SMILES string of the molecule is Cc1cc(C(=O)Nc2cnc(-c3cccc(C(F)(F)F)c3)cn2)ccc1-n1cncn1. The van der Waals surface area contributed by atoms with Crippen LogP contribution in [0.3, 0.4) is 0 Å². The van der Waals surface area contributed by atoms with Gasteiger partial charge in [0.2, 0.25) is 0 Å². The maximum absolute atomic E-state index is 12.9. The van der Waals surface area contributed by atoms with E-state index in [0.29, 0.717) is 5.56 Å². The molecule has 2 aromatic heterocycles. The molecule has 0 saturated carbocycles. The number of nitrogens with zero attached hydrogens (tertiary/aromatic N) is 5. The summed E-state index contributed by atoms with van der Waals surface area (Å²) in [6.07, 6.45) is 1.14. The van der Waals surface area contributed by atoms with Gasteiger partial charge in [-0.1, -0.05) is 12.1 Å². The largest absolute Gasteiger partial charge is 0.416 e. The van der Waals surface area contributed by atoms with Gasteiger partial charge in [0.1, 0.15) is 12.7 Å². The Morgan fingerprint density at radius 2 is 1.90 bits per heavy atom. The van der Waals surface area contributed by atoms with Crippen LogP contribution in [0.5, 0.6) is 0 Å². The molecule has 1 N–H and O–H groups in total. The number of carbonyl (C=O) groups excluding carboxylic acids is 1. The molecule has 31 heavy (non-hydrogen) atoms. The highest BCUT2D eigenvalue weighted by atomic mass is 19.4. The smallest absolute Gasteiger partial charge is 0.305 e. The van der Waals surface area contributed by atoms with Crippen LogP contribution in [0.1, 0.15) is 21.5 Å². The van der Waals surface area contributed by atoms with Gasteiger partial charge in [-0.15, -0.1) is 0 Å². The second kappa shape index (κ2) is 7.98. The Kier molecular flexibility index (Phi) is 5.20. The normalized spacial score (nSPS) is 11.4. The average molecular weight is 424 g/mol. The molecule has 2 aromatic carbocycles. The van der Waals surface area contributed by atoms with E-state index in [1.54, 1.807) is 29.2 Å². The summed E-state index contributed by atoms with van der Waals surface area (Å²) in [6, 6.07) is 9.91. The monoisotopic (exact) mass is 424 g/mol. The van der Waals surface area contributed by atoms with E-state index < -0.39 is 17.6 Å². The molecule has 156 valence electrons. The third kappa shape index (κ3) is 4.42. The predicted octanol–water partition coefficient (Wildman–Crippen LogP) is 4.30. The minimum atomic E-state index is -4.45. The number of carbonyl (C=O) groups is 1. The summed E-state index contributed by atoms with van der Waals surface area (Å²) in [5.74, 6) is -0.215. The van der Waals surface area contributed by atoms with Crippen LogP contribution < -0.4 is 5.32 Å². The summed E-state index contributed by atoms with van der Waals surface area (Å²) in [5.41, 5.74) is 1.79. The lowest BCUT2D eigenvalue weighted by atomic mass is 10.1. The van der Waals surface area contributed by atoms with Gasteiger partial charge in [-0.25, -0.2) is 14.6 Å². The second-order valence-electron chi connectivity index (χ2n) is 6.66. The van der Waals surface area contributed by atoms with Crippen LogP contribution in [0, 0.1) is 6.92 Å². The number of rotatable bonds is 4. The van der Waals surface area contributed by atoms with Gasteiger partial charge in [0, 0.05) is 11.1 Å². The second-order valence-corrected chi connectivity index (χ2v) is 6.66. The Hall–Kier alpha value is -4.08. The third-order valence-electron chi connectivity index (χ3n) is 4.50. The first-order chi connectivity index (χ1) is 14.8. The van der Waals surface area contributed by atoms with Gasteiger partial charge in [0.25, 0.3) is 5.91 Å². The van der Waals surface area contributed by atoms with Crippen molar-refractivity contribution in [2.75, 3.05) is 5.32 Å². The average Bonchev–Trinajstić information content (AvgIpc) is 3.28. The van der Waals surface area contributed by atoms with Gasteiger partial charge >= 0.3 is 6.18 Å². The standard InChI is InChI=1S/C21H15F3N6O/c1-13-7-15(5-6-18(13)30-12-25-11-28-30)20(31)29-19-10-26-17(9-27-19)14-3-2-4-16(8-14)21(22,23)24/h2-12H,1H3,(H,27,29,31). The highest BCUT2D eigenvalue weighted by Crippen LogP contribution is 2.31. The van der Waals surface area contributed by atoms with E-state index in [1.165, 1.54) is 30.9 Å². The van der Waals surface area contributed by atoms with Gasteiger partial charge in [0.15, 0.2) is 5.82 Å². The van der Waals surface area contributed by atoms with E-state index in [4.69, 9.17) is 0 Å². The molecule has 0 unspecified atom stereocenters. The Morgan fingerprint density at radius 1 is 1.06 bits per heavy atom. The summed E-state index contributed by atoms with van der Waals surface area (Å²) in [5, 5.41) is 6.69. The number of hydrogen-bond acceptors (Lipinski definition) is 5. The molecule has 7 nitrogen and oxygen atoms in total. The van der Waals surface area contributed by atoms with Gasteiger partial charge in [0.05, 0.1) is 29.3 Å². The van der Waals surface area contributed by atoms with E-state index in [-0.39, 0.29) is 17.1 Å². The van der Waals surface area contributed by atoms with Crippen LogP contribution >= 0.6 is 0 Å². The first-order valence-corrected chi connectivity index (χ1v) is 9.08. The first kappa shape index (κ1) is 20.2. The van der Waals surface area contributed by atoms with E-state index in [9.17, 15) is 18.0 Å². The summed E-state index contributed by atoms with van der Waals surface area (Å²) < 4.78 is 40.3. The molecule has 0 aliphatic rings. The van der Waals surface area contributed by atoms with Crippen LogP contribution in [0.4, 0.5) is 19.0 Å². The molecule has 4 rings (SSSR count). The zero-order chi connectivity index (χ0) is 22.0. The summed E-state index contributed by atoms with van der Waals surface area (Å²) >= 11 is 0. The van der Waals surface area contributed by atoms with Crippen molar-refractivity contribution in [1.82, 2.24) is 24.7 Å². The summed E-state index contributed by atoms with van der Waals surface area (Å²) in [6.45, 7) is 1.84. The Morgan fingerprint density at radius 3 is 2.55 bits per heavy atom. The number of halogens is 3. The van der Waals surface area contributed by atoms with Gasteiger partial charge in [-0.2, -0.15) is 18.3 Å². The number of aromatic nitrogens is 5. The maximum Gasteiger partial charge on any atom is 0.416 e. The van der Waals surface area contributed by atoms with Crippen molar-refractivity contribution < 1.29 is 18.0 Å². The fourth-order valence-corrected chi connectivity index (χ4v) is 2.97. The number of nitrogens with one attached hydrogen (secondary N) is 1. The molecule has 0 radical (unpaired) electrons. The number of benzene rings is 2. The van der Waals surface area contributed by atoms with E-state index >= 15 is 0 Å². The summed E-state index contributed by atoms with van der Waals surface area (Å²) in [4.78, 5) is 24.7. The van der Waals surface area contributed by atoms with Crippen molar-refractivity contribution in [2.24, 2.45) is 0 Å². The van der Waals surface area contributed by atoms with Crippen molar-refractivity contribution in [3.8, 4) is 16.9 Å². The summed E-state index contributed by atoms with van der Waals surface area (Å²) in [7, 11) is 0. The van der Waals surface area contributed by atoms with E-state index in [2.05, 4.69) is 25.4 Å². The molecular weight excluding hydrogens is 409 g/mol. The van der Waals surface area contributed by atoms with Crippen LogP contribution in [0.15, 0.2) is 67.5 Å². The Balaban J connectivity index is 1.49. The highest BCUT2D eigenvalue weighted by Gasteiger charge is 2.30. The van der Waals surface area contributed by atoms with Crippen LogP contribution in [0.25, 0.3) is 16.9 Å². The molecule has 2 heterocycles. The first-order valence-electron chi connectivity index (χ1n) is 9.08. The molecule has 0 aliphatic carbocycles. The minimum Gasteiger partial charge on any atom is -0.305 e. The minimum absolute atomic E-state index is 0.179. The van der Waals surface area contributed by atoms with E-state index in [0.717, 1.165) is 23.4 Å². The van der Waals surface area contributed by atoms with Crippen LogP contribution in [0.2, 0.25) is 0 Å². The maximum atomic E-state index is 12.9. The van der Waals surface area contributed by atoms with Crippen molar-refractivity contribution in [1.29, 1.82) is 0 Å². The highest BCUT2D eigenvalue weighted by molar-refractivity contribution is 6.04. The van der Waals surface area contributed by atoms with Crippen molar-refractivity contribution in [3.63, 3.8) is 0 Å². The van der Waals surface area contributed by atoms with Crippen molar-refractivity contribution in [2.45, 2.75) is 13.1 Å². The van der Waals surface area contributed by atoms with Gasteiger partial charge in [-0.05, 0) is 42.8 Å². The molecule has 0 saturated heterocycles. The quantitative estimate of drug-likeness (QED) is 0.528. The number of hydrogen-bond donors (Lipinski definition) is 1. The van der Waals surface area contributed by atoms with E-state index in [1.807, 2.05) is 6.92 Å². The molecule has 0 fully saturated rings. The number of amides is 1. The van der Waals surface area contributed by atoms with Crippen molar-refractivity contribution in [3.05, 3.63) is 84.2 Å². The van der Waals surface area contributed by atoms with Crippen LogP contribution in [-0.2, 0) is 6.18 Å². The lowest BCUT2D eigenvalue weighted by Crippen LogP contribution is -2.14. The number of anilines is 1. The van der Waals surface area contributed by atoms with Crippen molar-refractivity contribution >= 4 is 11.7 Å².